The van der Waals surface area contributed by atoms with E-state index < -0.39 is 0 Å². The first-order valence-corrected chi connectivity index (χ1v) is 11.1. The van der Waals surface area contributed by atoms with E-state index >= 15 is 0 Å². The molecule has 4 rings (SSSR count). The maximum absolute atomic E-state index is 5.98. The minimum absolute atomic E-state index is 0.00368. The molecule has 7 heteroatoms. The maximum atomic E-state index is 5.98. The van der Waals surface area contributed by atoms with Crippen LogP contribution in [0.15, 0.2) is 72.0 Å². The summed E-state index contributed by atoms with van der Waals surface area (Å²) in [6, 6.07) is 18.3. The highest BCUT2D eigenvalue weighted by Crippen LogP contribution is 2.22. The van der Waals surface area contributed by atoms with Crippen molar-refractivity contribution in [1.29, 1.82) is 0 Å². The van der Waals surface area contributed by atoms with Crippen molar-refractivity contribution in [3.05, 3.63) is 83.7 Å². The molecule has 0 amide bonds. The van der Waals surface area contributed by atoms with Gasteiger partial charge >= 0.3 is 0 Å². The van der Waals surface area contributed by atoms with E-state index in [0.717, 1.165) is 48.0 Å². The molecule has 2 aromatic carbocycles. The number of guanidine groups is 1. The van der Waals surface area contributed by atoms with Crippen molar-refractivity contribution < 1.29 is 9.47 Å². The van der Waals surface area contributed by atoms with E-state index in [9.17, 15) is 0 Å². The predicted molar refractivity (Wildman–Crippen MR) is 126 cm³/mol. The minimum Gasteiger partial charge on any atom is -0.489 e. The molecule has 0 spiro atoms. The van der Waals surface area contributed by atoms with Crippen LogP contribution in [0.4, 0.5) is 0 Å². The lowest BCUT2D eigenvalue weighted by Crippen LogP contribution is -2.48. The second-order valence-corrected chi connectivity index (χ2v) is 7.84. The zero-order chi connectivity index (χ0) is 22.2. The van der Waals surface area contributed by atoms with Crippen molar-refractivity contribution in [1.82, 2.24) is 20.0 Å². The summed E-state index contributed by atoms with van der Waals surface area (Å²) >= 11 is 0. The number of aliphatic imine (C=N–C) groups is 1. The van der Waals surface area contributed by atoms with Crippen molar-refractivity contribution >= 4 is 5.96 Å². The first-order valence-electron chi connectivity index (χ1n) is 11.1. The van der Waals surface area contributed by atoms with Crippen LogP contribution in [0, 0.1) is 0 Å². The minimum atomic E-state index is -0.00368. The summed E-state index contributed by atoms with van der Waals surface area (Å²) in [6.07, 6.45) is 3.88. The first-order chi connectivity index (χ1) is 15.7. The molecular weight excluding hydrogens is 402 g/mol. The van der Waals surface area contributed by atoms with Gasteiger partial charge in [-0.15, -0.1) is 0 Å². The number of rotatable bonds is 7. The van der Waals surface area contributed by atoms with Gasteiger partial charge in [0.1, 0.15) is 18.5 Å². The Morgan fingerprint density at radius 3 is 2.81 bits per heavy atom. The topological polar surface area (TPSA) is 63.9 Å². The standard InChI is InChI=1S/C25H31N5O2/c1-3-26-25(30-12-13-31-24(18-30)22-16-28-29(2)17-22)27-15-21-10-7-11-23(14-21)32-19-20-8-5-4-6-9-20/h4-11,14,16-17,24H,3,12-13,15,18-19H2,1-2H3,(H,26,27). The van der Waals surface area contributed by atoms with Crippen LogP contribution in [0.5, 0.6) is 5.75 Å². The number of aryl methyl sites for hydroxylation is 1. The summed E-state index contributed by atoms with van der Waals surface area (Å²) in [7, 11) is 1.92. The zero-order valence-corrected chi connectivity index (χ0v) is 18.8. The fraction of sp³-hybridized carbons (Fsp3) is 0.360. The Morgan fingerprint density at radius 1 is 1.19 bits per heavy atom. The SMILES string of the molecule is CCNC(=NCc1cccc(OCc2ccccc2)c1)N1CCOC(c2cnn(C)c2)C1. The average Bonchev–Trinajstić information content (AvgIpc) is 3.28. The molecule has 7 nitrogen and oxygen atoms in total. The molecule has 1 fully saturated rings. The molecule has 168 valence electrons. The van der Waals surface area contributed by atoms with Gasteiger partial charge in [0.25, 0.3) is 0 Å². The van der Waals surface area contributed by atoms with Gasteiger partial charge in [0.15, 0.2) is 5.96 Å². The molecular formula is C25H31N5O2. The summed E-state index contributed by atoms with van der Waals surface area (Å²) in [4.78, 5) is 7.16. The van der Waals surface area contributed by atoms with E-state index in [2.05, 4.69) is 46.5 Å². The van der Waals surface area contributed by atoms with E-state index in [-0.39, 0.29) is 6.10 Å². The van der Waals surface area contributed by atoms with Gasteiger partial charge in [-0.05, 0) is 30.2 Å². The fourth-order valence-electron chi connectivity index (χ4n) is 3.72. The van der Waals surface area contributed by atoms with Crippen LogP contribution in [0.2, 0.25) is 0 Å². The van der Waals surface area contributed by atoms with Gasteiger partial charge in [-0.3, -0.25) is 4.68 Å². The Kier molecular flexibility index (Phi) is 7.40. The molecule has 1 aromatic heterocycles. The molecule has 1 atom stereocenters. The van der Waals surface area contributed by atoms with Crippen molar-refractivity contribution in [2.24, 2.45) is 12.0 Å². The van der Waals surface area contributed by atoms with Crippen LogP contribution >= 0.6 is 0 Å². The number of nitrogens with one attached hydrogen (secondary N) is 1. The van der Waals surface area contributed by atoms with Crippen LogP contribution in [0.1, 0.15) is 29.7 Å². The summed E-state index contributed by atoms with van der Waals surface area (Å²) in [6.45, 7) is 6.26. The van der Waals surface area contributed by atoms with Gasteiger partial charge in [-0.25, -0.2) is 4.99 Å². The molecule has 2 heterocycles. The molecule has 0 aliphatic carbocycles. The lowest BCUT2D eigenvalue weighted by molar-refractivity contribution is -0.00805. The van der Waals surface area contributed by atoms with E-state index in [0.29, 0.717) is 19.8 Å². The van der Waals surface area contributed by atoms with Crippen LogP contribution in [-0.4, -0.2) is 46.9 Å². The Hall–Kier alpha value is -3.32. The Bertz CT molecular complexity index is 1020. The number of ether oxygens (including phenoxy) is 2. The Morgan fingerprint density at radius 2 is 2.03 bits per heavy atom. The number of aromatic nitrogens is 2. The van der Waals surface area contributed by atoms with Gasteiger partial charge in [0.2, 0.25) is 0 Å². The summed E-state index contributed by atoms with van der Waals surface area (Å²) in [5, 5.41) is 7.71. The van der Waals surface area contributed by atoms with Crippen molar-refractivity contribution in [3.8, 4) is 5.75 Å². The second kappa shape index (κ2) is 10.8. The fourth-order valence-corrected chi connectivity index (χ4v) is 3.72. The number of hydrogen-bond donors (Lipinski definition) is 1. The smallest absolute Gasteiger partial charge is 0.194 e. The van der Waals surface area contributed by atoms with E-state index in [1.54, 1.807) is 0 Å². The molecule has 1 unspecified atom stereocenters. The van der Waals surface area contributed by atoms with Crippen molar-refractivity contribution in [2.45, 2.75) is 26.2 Å². The van der Waals surface area contributed by atoms with Crippen molar-refractivity contribution in [2.75, 3.05) is 26.2 Å². The van der Waals surface area contributed by atoms with Gasteiger partial charge in [0, 0.05) is 31.9 Å². The zero-order valence-electron chi connectivity index (χ0n) is 18.8. The molecule has 0 saturated carbocycles. The highest BCUT2D eigenvalue weighted by atomic mass is 16.5. The molecule has 1 saturated heterocycles. The number of nitrogens with zero attached hydrogens (tertiary/aromatic N) is 4. The third-order valence-corrected chi connectivity index (χ3v) is 5.36. The molecule has 1 N–H and O–H groups in total. The first kappa shape index (κ1) is 21.9. The third-order valence-electron chi connectivity index (χ3n) is 5.36. The highest BCUT2D eigenvalue weighted by Gasteiger charge is 2.25. The summed E-state index contributed by atoms with van der Waals surface area (Å²) in [5.74, 6) is 1.76. The van der Waals surface area contributed by atoms with Gasteiger partial charge in [0.05, 0.1) is 25.9 Å². The lowest BCUT2D eigenvalue weighted by atomic mass is 10.1. The predicted octanol–water partition coefficient (Wildman–Crippen LogP) is 3.54. The normalized spacial score (nSPS) is 16.8. The molecule has 1 aliphatic rings. The maximum Gasteiger partial charge on any atom is 0.194 e. The van der Waals surface area contributed by atoms with Gasteiger partial charge in [-0.1, -0.05) is 42.5 Å². The number of morpholine rings is 1. The van der Waals surface area contributed by atoms with E-state index in [1.165, 1.54) is 0 Å². The molecule has 3 aromatic rings. The van der Waals surface area contributed by atoms with Gasteiger partial charge < -0.3 is 19.7 Å². The molecule has 0 radical (unpaired) electrons. The monoisotopic (exact) mass is 433 g/mol. The summed E-state index contributed by atoms with van der Waals surface area (Å²) < 4.78 is 13.8. The van der Waals surface area contributed by atoms with E-state index in [4.69, 9.17) is 14.5 Å². The molecule has 0 bridgehead atoms. The Labute approximate surface area is 189 Å². The lowest BCUT2D eigenvalue weighted by Gasteiger charge is -2.34. The van der Waals surface area contributed by atoms with Crippen LogP contribution in [-0.2, 0) is 24.9 Å². The number of hydrogen-bond acceptors (Lipinski definition) is 4. The largest absolute Gasteiger partial charge is 0.489 e. The molecule has 1 aliphatic heterocycles. The van der Waals surface area contributed by atoms with Crippen LogP contribution < -0.4 is 10.1 Å². The molecule has 32 heavy (non-hydrogen) atoms. The van der Waals surface area contributed by atoms with Gasteiger partial charge in [-0.2, -0.15) is 5.10 Å². The highest BCUT2D eigenvalue weighted by molar-refractivity contribution is 5.80. The third kappa shape index (κ3) is 5.88. The second-order valence-electron chi connectivity index (χ2n) is 7.84. The van der Waals surface area contributed by atoms with Crippen molar-refractivity contribution in [3.63, 3.8) is 0 Å². The van der Waals surface area contributed by atoms with Crippen LogP contribution in [0.25, 0.3) is 0 Å². The Balaban J connectivity index is 1.40. The quantitative estimate of drug-likeness (QED) is 0.456. The number of benzene rings is 2. The van der Waals surface area contributed by atoms with Crippen LogP contribution in [0.3, 0.4) is 0 Å². The summed E-state index contributed by atoms with van der Waals surface area (Å²) in [5.41, 5.74) is 3.36. The van der Waals surface area contributed by atoms with E-state index in [1.807, 2.05) is 54.5 Å². The average molecular weight is 434 g/mol.